The van der Waals surface area contributed by atoms with E-state index in [9.17, 15) is 0 Å². The highest BCUT2D eigenvalue weighted by Crippen LogP contribution is 2.62. The molecule has 4 aromatic rings. The number of thiol groups is 1. The van der Waals surface area contributed by atoms with Gasteiger partial charge in [0.2, 0.25) is 0 Å². The van der Waals surface area contributed by atoms with Crippen LogP contribution in [-0.2, 0) is 6.61 Å². The van der Waals surface area contributed by atoms with Gasteiger partial charge in [0.25, 0.3) is 0 Å². The number of benzene rings is 4. The van der Waals surface area contributed by atoms with E-state index in [4.69, 9.17) is 4.74 Å². The molecular weight excluding hydrogens is 856 g/mol. The van der Waals surface area contributed by atoms with Crippen molar-refractivity contribution in [2.75, 3.05) is 0 Å². The van der Waals surface area contributed by atoms with E-state index in [1.54, 1.807) is 0 Å². The molecule has 31 heavy (non-hydrogen) atoms. The number of ether oxygens (including phenoxy) is 1. The third-order valence-electron chi connectivity index (χ3n) is 5.25. The molecule has 156 valence electrons. The summed E-state index contributed by atoms with van der Waals surface area (Å²) in [5.41, 5.74) is 3.99. The highest BCUT2D eigenvalue weighted by atomic mass is 127. The van der Waals surface area contributed by atoms with Crippen LogP contribution in [0.3, 0.4) is 0 Å². The van der Waals surface area contributed by atoms with E-state index < -0.39 is 10.9 Å². The highest BCUT2D eigenvalue weighted by Gasteiger charge is 2.26. The predicted molar refractivity (Wildman–Crippen MR) is 164 cm³/mol. The lowest BCUT2D eigenvalue weighted by molar-refractivity contribution is 0.305. The van der Waals surface area contributed by atoms with Crippen molar-refractivity contribution >= 4 is 101 Å². The molecule has 0 atom stereocenters. The molecule has 1 nitrogen and oxygen atoms in total. The summed E-state index contributed by atoms with van der Waals surface area (Å²) in [6, 6.07) is 28.6. The smallest absolute Gasteiger partial charge is 0.119 e. The lowest BCUT2D eigenvalue weighted by atomic mass is 10.1. The van der Waals surface area contributed by atoms with Crippen LogP contribution in [0.25, 0.3) is 11.1 Å². The van der Waals surface area contributed by atoms with Crippen molar-refractivity contribution < 1.29 is 4.74 Å². The fraction of sp³-hybridized carbons (Fsp3) is 0.0400. The minimum absolute atomic E-state index is 0.514. The maximum atomic E-state index is 6.17. The Labute approximate surface area is 239 Å². The van der Waals surface area contributed by atoms with Crippen LogP contribution in [0.2, 0.25) is 0 Å². The van der Waals surface area contributed by atoms with Crippen LogP contribution in [0.5, 0.6) is 5.75 Å². The molecule has 0 bridgehead atoms. The van der Waals surface area contributed by atoms with Gasteiger partial charge in [-0.05, 0) is 149 Å². The van der Waals surface area contributed by atoms with Crippen LogP contribution < -0.4 is 4.74 Å². The van der Waals surface area contributed by atoms with E-state index in [0.29, 0.717) is 6.61 Å². The quantitative estimate of drug-likeness (QED) is 0.0822. The van der Waals surface area contributed by atoms with E-state index >= 15 is 0 Å². The summed E-state index contributed by atoms with van der Waals surface area (Å²) in [6.45, 7) is 0.584. The van der Waals surface area contributed by atoms with Crippen molar-refractivity contribution in [2.45, 2.75) is 21.3 Å². The molecule has 0 radical (unpaired) electrons. The zero-order chi connectivity index (χ0) is 21.5. The van der Waals surface area contributed by atoms with Gasteiger partial charge in [0.15, 0.2) is 0 Å². The first-order valence-corrected chi connectivity index (χ1v) is 15.2. The Kier molecular flexibility index (Phi) is 7.09. The van der Waals surface area contributed by atoms with Crippen molar-refractivity contribution in [2.24, 2.45) is 0 Å². The molecule has 0 N–H and O–H groups in total. The van der Waals surface area contributed by atoms with Gasteiger partial charge in [-0.1, -0.05) is 36.4 Å². The summed E-state index contributed by atoms with van der Waals surface area (Å²) < 4.78 is 11.4. The summed E-state index contributed by atoms with van der Waals surface area (Å²) in [6.07, 6.45) is 0. The van der Waals surface area contributed by atoms with Gasteiger partial charge < -0.3 is 4.74 Å². The number of fused-ring (bicyclic) bond motifs is 3. The van der Waals surface area contributed by atoms with Crippen molar-refractivity contribution in [3.8, 4) is 16.9 Å². The van der Waals surface area contributed by atoms with Gasteiger partial charge >= 0.3 is 0 Å². The molecule has 0 saturated carbocycles. The Bertz CT molecular complexity index is 1240. The van der Waals surface area contributed by atoms with E-state index in [1.807, 2.05) is 0 Å². The molecule has 0 spiro atoms. The molecule has 1 aliphatic heterocycles. The van der Waals surface area contributed by atoms with Crippen LogP contribution in [0.1, 0.15) is 5.56 Å². The second kappa shape index (κ2) is 9.67. The van der Waals surface area contributed by atoms with Crippen molar-refractivity contribution in [3.63, 3.8) is 0 Å². The molecule has 4 aromatic carbocycles. The molecule has 1 aliphatic rings. The largest absolute Gasteiger partial charge is 0.489 e. The molecule has 0 fully saturated rings. The van der Waals surface area contributed by atoms with Crippen molar-refractivity contribution in [3.05, 3.63) is 98.7 Å². The molecule has 0 aliphatic carbocycles. The van der Waals surface area contributed by atoms with Crippen LogP contribution in [-0.4, -0.2) is 0 Å². The lowest BCUT2D eigenvalue weighted by Gasteiger charge is -2.19. The van der Waals surface area contributed by atoms with Crippen molar-refractivity contribution in [1.29, 1.82) is 0 Å². The first-order valence-electron chi connectivity index (χ1n) is 9.58. The van der Waals surface area contributed by atoms with Gasteiger partial charge in [-0.15, -0.1) is 0 Å². The van der Waals surface area contributed by atoms with E-state index in [2.05, 4.69) is 169 Å². The van der Waals surface area contributed by atoms with Gasteiger partial charge in [0.05, 0.1) is 0 Å². The molecule has 0 saturated heterocycles. The molecule has 0 aromatic heterocycles. The highest BCUT2D eigenvalue weighted by molar-refractivity contribution is 14.1. The predicted octanol–water partition coefficient (Wildman–Crippen LogP) is 9.14. The number of rotatable bonds is 4. The second-order valence-electron chi connectivity index (χ2n) is 7.11. The van der Waals surface area contributed by atoms with Gasteiger partial charge in [-0.3, -0.25) is 0 Å². The summed E-state index contributed by atoms with van der Waals surface area (Å²) in [7, 11) is -0.514. The summed E-state index contributed by atoms with van der Waals surface area (Å²) in [5, 5.41) is 0. The standard InChI is InChI=1S/C25H16I4OS/c26-20-13-15(23(27)25(29)24(20)28)14-30-16-9-11-17(12-10-16)31-21-7-3-1-5-18(21)19-6-2-4-8-22(19)31/h1-13,31H,14H2. The van der Waals surface area contributed by atoms with Gasteiger partial charge in [-0.2, -0.15) is 10.9 Å². The molecule has 6 heteroatoms. The maximum Gasteiger partial charge on any atom is 0.119 e. The third kappa shape index (κ3) is 4.40. The Morgan fingerprint density at radius 2 is 1.23 bits per heavy atom. The zero-order valence-corrected chi connectivity index (χ0v) is 25.6. The number of halogens is 4. The molecule has 0 amide bonds. The van der Waals surface area contributed by atoms with E-state index in [0.717, 1.165) is 5.75 Å². The van der Waals surface area contributed by atoms with Crippen LogP contribution >= 0.6 is 101 Å². The minimum atomic E-state index is -0.514. The summed E-state index contributed by atoms with van der Waals surface area (Å²) in [5.74, 6) is 0.916. The molecule has 5 rings (SSSR count). The Balaban J connectivity index is 1.41. The molecular formula is C25H16I4OS. The van der Waals surface area contributed by atoms with E-state index in [-0.39, 0.29) is 0 Å². The molecule has 0 unspecified atom stereocenters. The summed E-state index contributed by atoms with van der Waals surface area (Å²) >= 11 is 9.68. The van der Waals surface area contributed by atoms with Gasteiger partial charge in [0.1, 0.15) is 12.4 Å². The monoisotopic (exact) mass is 872 g/mol. The Morgan fingerprint density at radius 3 is 1.84 bits per heavy atom. The van der Waals surface area contributed by atoms with Crippen LogP contribution in [0, 0.1) is 14.3 Å². The zero-order valence-electron chi connectivity index (χ0n) is 16.1. The average Bonchev–Trinajstić information content (AvgIpc) is 3.14. The lowest BCUT2D eigenvalue weighted by Crippen LogP contribution is -2.02. The fourth-order valence-electron chi connectivity index (χ4n) is 3.78. The fourth-order valence-corrected chi connectivity index (χ4v) is 9.71. The number of hydrogen-bond donors (Lipinski definition) is 1. The maximum absolute atomic E-state index is 6.17. The summed E-state index contributed by atoms with van der Waals surface area (Å²) in [4.78, 5) is 4.27. The van der Waals surface area contributed by atoms with Crippen LogP contribution in [0.4, 0.5) is 0 Å². The SMILES string of the molecule is Ic1cc(COc2ccc([SH]3c4ccccc4-c4ccccc43)cc2)c(I)c(I)c1I. The van der Waals surface area contributed by atoms with Crippen molar-refractivity contribution in [1.82, 2.24) is 0 Å². The minimum Gasteiger partial charge on any atom is -0.489 e. The topological polar surface area (TPSA) is 9.23 Å². The second-order valence-corrected chi connectivity index (χ2v) is 13.7. The Morgan fingerprint density at radius 1 is 0.645 bits per heavy atom. The number of hydrogen-bond acceptors (Lipinski definition) is 1. The molecule has 1 heterocycles. The third-order valence-corrected chi connectivity index (χ3v) is 15.2. The first kappa shape index (κ1) is 22.7. The van der Waals surface area contributed by atoms with Gasteiger partial charge in [-0.25, -0.2) is 0 Å². The average molecular weight is 872 g/mol. The first-order chi connectivity index (χ1) is 15.0. The Hall–Kier alpha value is -0.0500. The van der Waals surface area contributed by atoms with Gasteiger partial charge in [0, 0.05) is 29.6 Å². The normalized spacial score (nSPS) is 13.1. The van der Waals surface area contributed by atoms with Crippen LogP contribution in [0.15, 0.2) is 93.5 Å². The van der Waals surface area contributed by atoms with E-state index in [1.165, 1.54) is 45.7 Å².